The van der Waals surface area contributed by atoms with Crippen LogP contribution in [0.4, 0.5) is 16.0 Å². The predicted octanol–water partition coefficient (Wildman–Crippen LogP) is 4.25. The van der Waals surface area contributed by atoms with E-state index in [1.165, 1.54) is 12.1 Å². The third-order valence-corrected chi connectivity index (χ3v) is 4.74. The van der Waals surface area contributed by atoms with Crippen molar-refractivity contribution in [2.75, 3.05) is 18.5 Å². The summed E-state index contributed by atoms with van der Waals surface area (Å²) in [5.74, 6) is 0.650. The van der Waals surface area contributed by atoms with Crippen LogP contribution in [0.15, 0.2) is 61.1 Å². The molecule has 5 rings (SSSR count). The Labute approximate surface area is 177 Å². The third kappa shape index (κ3) is 4.27. The molecule has 9 heteroatoms. The minimum absolute atomic E-state index is 0.314. The number of ether oxygens (including phenoxy) is 2. The van der Waals surface area contributed by atoms with Gasteiger partial charge in [0.05, 0.1) is 30.3 Å². The summed E-state index contributed by atoms with van der Waals surface area (Å²) in [6.45, 7) is 1.19. The zero-order valence-corrected chi connectivity index (χ0v) is 16.5. The summed E-state index contributed by atoms with van der Waals surface area (Å²) < 4.78 is 24.9. The number of rotatable bonds is 5. The molecule has 1 aliphatic rings. The summed E-state index contributed by atoms with van der Waals surface area (Å²) in [6, 6.07) is 11.6. The van der Waals surface area contributed by atoms with Gasteiger partial charge in [0.2, 0.25) is 12.2 Å². The van der Waals surface area contributed by atoms with Crippen molar-refractivity contribution in [3.63, 3.8) is 0 Å². The van der Waals surface area contributed by atoms with Gasteiger partial charge in [-0.05, 0) is 48.9 Å². The van der Waals surface area contributed by atoms with E-state index < -0.39 is 6.29 Å². The Morgan fingerprint density at radius 2 is 1.71 bits per heavy atom. The van der Waals surface area contributed by atoms with Crippen LogP contribution in [0.3, 0.4) is 0 Å². The first kappa shape index (κ1) is 19.3. The van der Waals surface area contributed by atoms with Gasteiger partial charge < -0.3 is 19.8 Å². The van der Waals surface area contributed by atoms with Crippen molar-refractivity contribution >= 4 is 11.6 Å². The first-order chi connectivity index (χ1) is 15.3. The molecule has 0 radical (unpaired) electrons. The van der Waals surface area contributed by atoms with E-state index in [0.29, 0.717) is 42.1 Å². The molecule has 1 fully saturated rings. The van der Waals surface area contributed by atoms with Gasteiger partial charge in [0.1, 0.15) is 5.82 Å². The van der Waals surface area contributed by atoms with Crippen LogP contribution in [0, 0.1) is 5.82 Å². The van der Waals surface area contributed by atoms with Gasteiger partial charge >= 0.3 is 0 Å². The molecule has 2 N–H and O–H groups in total. The van der Waals surface area contributed by atoms with E-state index in [9.17, 15) is 4.39 Å². The van der Waals surface area contributed by atoms with Crippen molar-refractivity contribution in [2.45, 2.75) is 12.7 Å². The normalized spacial score (nSPS) is 14.5. The van der Waals surface area contributed by atoms with E-state index in [4.69, 9.17) is 14.5 Å². The van der Waals surface area contributed by atoms with Crippen molar-refractivity contribution in [2.24, 2.45) is 0 Å². The Hall–Kier alpha value is -3.69. The van der Waals surface area contributed by atoms with Crippen LogP contribution in [0.2, 0.25) is 0 Å². The zero-order chi connectivity index (χ0) is 21.0. The highest BCUT2D eigenvalue weighted by Gasteiger charge is 2.24. The van der Waals surface area contributed by atoms with Crippen LogP contribution in [0.1, 0.15) is 18.5 Å². The van der Waals surface area contributed by atoms with E-state index in [2.05, 4.69) is 25.3 Å². The number of H-pyrrole nitrogens is 1. The number of benzene rings is 1. The number of hydrogen-bond acceptors (Lipinski definition) is 7. The largest absolute Gasteiger partial charge is 0.346 e. The number of nitrogens with one attached hydrogen (secondary N) is 2. The molecule has 0 atom stereocenters. The molecule has 0 aliphatic carbocycles. The Kier molecular flexibility index (Phi) is 5.34. The standard InChI is InChI=1S/C22H19FN6O2/c23-15-4-2-14(3-5-15)18-19(29-20(28-18)21-30-12-1-13-31-21)17-8-11-25-22(27-17)26-16-6-9-24-10-7-16/h2-11,21H,1,12-13H2,(H,28,29)(H,24,25,26,27). The predicted molar refractivity (Wildman–Crippen MR) is 112 cm³/mol. The zero-order valence-electron chi connectivity index (χ0n) is 16.5. The molecular weight excluding hydrogens is 399 g/mol. The Balaban J connectivity index is 1.54. The summed E-state index contributed by atoms with van der Waals surface area (Å²) >= 11 is 0. The quantitative estimate of drug-likeness (QED) is 0.500. The van der Waals surface area contributed by atoms with Crippen LogP contribution < -0.4 is 5.32 Å². The lowest BCUT2D eigenvalue weighted by Crippen LogP contribution is -2.18. The maximum absolute atomic E-state index is 13.5. The van der Waals surface area contributed by atoms with Crippen molar-refractivity contribution in [1.82, 2.24) is 24.9 Å². The second kappa shape index (κ2) is 8.58. The van der Waals surface area contributed by atoms with Crippen molar-refractivity contribution in [3.05, 3.63) is 72.7 Å². The summed E-state index contributed by atoms with van der Waals surface area (Å²) in [7, 11) is 0. The van der Waals surface area contributed by atoms with E-state index in [0.717, 1.165) is 17.7 Å². The van der Waals surface area contributed by atoms with Gasteiger partial charge in [0.15, 0.2) is 5.82 Å². The molecule has 0 saturated carbocycles. The molecule has 1 aromatic carbocycles. The highest BCUT2D eigenvalue weighted by molar-refractivity contribution is 5.77. The van der Waals surface area contributed by atoms with E-state index >= 15 is 0 Å². The molecule has 0 spiro atoms. The van der Waals surface area contributed by atoms with E-state index in [1.807, 2.05) is 12.1 Å². The minimum atomic E-state index is -0.585. The fraction of sp³-hybridized carbons (Fsp3) is 0.182. The van der Waals surface area contributed by atoms with Gasteiger partial charge in [-0.3, -0.25) is 4.98 Å². The Morgan fingerprint density at radius 1 is 0.935 bits per heavy atom. The average Bonchev–Trinajstić information content (AvgIpc) is 3.27. The number of hydrogen-bond donors (Lipinski definition) is 2. The lowest BCUT2D eigenvalue weighted by Gasteiger charge is -2.21. The summed E-state index contributed by atoms with van der Waals surface area (Å²) in [4.78, 5) is 20.9. The van der Waals surface area contributed by atoms with Crippen LogP contribution in [-0.2, 0) is 9.47 Å². The van der Waals surface area contributed by atoms with Crippen molar-refractivity contribution in [1.29, 1.82) is 0 Å². The molecule has 8 nitrogen and oxygen atoms in total. The molecule has 4 aromatic rings. The molecule has 0 amide bonds. The smallest absolute Gasteiger partial charge is 0.227 e. The van der Waals surface area contributed by atoms with Crippen molar-refractivity contribution in [3.8, 4) is 22.6 Å². The van der Waals surface area contributed by atoms with Gasteiger partial charge in [-0.25, -0.2) is 19.3 Å². The molecule has 3 aromatic heterocycles. The fourth-order valence-electron chi connectivity index (χ4n) is 3.27. The van der Waals surface area contributed by atoms with Crippen LogP contribution in [-0.4, -0.2) is 38.1 Å². The minimum Gasteiger partial charge on any atom is -0.346 e. The van der Waals surface area contributed by atoms with Crippen LogP contribution in [0.25, 0.3) is 22.6 Å². The number of aromatic nitrogens is 5. The van der Waals surface area contributed by atoms with Crippen molar-refractivity contribution < 1.29 is 13.9 Å². The molecule has 31 heavy (non-hydrogen) atoms. The van der Waals surface area contributed by atoms with Gasteiger partial charge in [-0.15, -0.1) is 0 Å². The Bertz CT molecular complexity index is 1160. The first-order valence-electron chi connectivity index (χ1n) is 9.86. The molecule has 4 heterocycles. The number of halogens is 1. The second-order valence-corrected chi connectivity index (χ2v) is 6.91. The lowest BCUT2D eigenvalue weighted by molar-refractivity contribution is -0.186. The molecular formula is C22H19FN6O2. The maximum atomic E-state index is 13.5. The number of pyridine rings is 1. The SMILES string of the molecule is Fc1ccc(-c2nc(C3OCCCO3)[nH]c2-c2ccnc(Nc3ccncc3)n2)cc1. The molecule has 1 aliphatic heterocycles. The van der Waals surface area contributed by atoms with Gasteiger partial charge in [-0.1, -0.05) is 0 Å². The van der Waals surface area contributed by atoms with Gasteiger partial charge in [0.25, 0.3) is 0 Å². The fourth-order valence-corrected chi connectivity index (χ4v) is 3.27. The van der Waals surface area contributed by atoms with Crippen LogP contribution in [0.5, 0.6) is 0 Å². The third-order valence-electron chi connectivity index (χ3n) is 4.74. The second-order valence-electron chi connectivity index (χ2n) is 6.91. The maximum Gasteiger partial charge on any atom is 0.227 e. The monoisotopic (exact) mass is 418 g/mol. The number of aromatic amines is 1. The van der Waals surface area contributed by atoms with E-state index in [-0.39, 0.29) is 5.82 Å². The number of nitrogens with zero attached hydrogens (tertiary/aromatic N) is 4. The summed E-state index contributed by atoms with van der Waals surface area (Å²) in [6.07, 6.45) is 5.28. The molecule has 1 saturated heterocycles. The topological polar surface area (TPSA) is 97.8 Å². The number of imidazole rings is 1. The highest BCUT2D eigenvalue weighted by atomic mass is 19.1. The van der Waals surface area contributed by atoms with E-state index in [1.54, 1.807) is 36.8 Å². The van der Waals surface area contributed by atoms with Crippen LogP contribution >= 0.6 is 0 Å². The first-order valence-corrected chi connectivity index (χ1v) is 9.86. The average molecular weight is 418 g/mol. The van der Waals surface area contributed by atoms with Gasteiger partial charge in [-0.2, -0.15) is 0 Å². The summed E-state index contributed by atoms with van der Waals surface area (Å²) in [5, 5.41) is 3.16. The molecule has 156 valence electrons. The Morgan fingerprint density at radius 3 is 2.48 bits per heavy atom. The van der Waals surface area contributed by atoms with Gasteiger partial charge in [0, 0.05) is 29.8 Å². The number of anilines is 2. The lowest BCUT2D eigenvalue weighted by atomic mass is 10.1. The molecule has 0 bridgehead atoms. The highest BCUT2D eigenvalue weighted by Crippen LogP contribution is 2.33. The molecule has 0 unspecified atom stereocenters. The summed E-state index contributed by atoms with van der Waals surface area (Å²) in [5.41, 5.74) is 3.48.